The van der Waals surface area contributed by atoms with Gasteiger partial charge in [-0.05, 0) is 49.7 Å². The Bertz CT molecular complexity index is 929. The number of halogens is 1. The van der Waals surface area contributed by atoms with Crippen LogP contribution in [-0.4, -0.2) is 19.0 Å². The molecule has 4 nitrogen and oxygen atoms in total. The van der Waals surface area contributed by atoms with Crippen molar-refractivity contribution in [2.45, 2.75) is 13.3 Å². The topological polar surface area (TPSA) is 48.7 Å². The molecule has 0 atom stereocenters. The second-order valence-corrected chi connectivity index (χ2v) is 6.46. The minimum absolute atomic E-state index is 0.0310. The number of hydrogen-bond donors (Lipinski definition) is 0. The maximum atomic E-state index is 12.6. The van der Waals surface area contributed by atoms with Gasteiger partial charge < -0.3 is 13.9 Å². The van der Waals surface area contributed by atoms with Gasteiger partial charge in [-0.3, -0.25) is 4.79 Å². The second kappa shape index (κ2) is 7.74. The van der Waals surface area contributed by atoms with Crippen molar-refractivity contribution in [2.24, 2.45) is 0 Å². The van der Waals surface area contributed by atoms with Gasteiger partial charge in [0.25, 0.3) is 0 Å². The lowest BCUT2D eigenvalue weighted by molar-refractivity contribution is 0.319. The van der Waals surface area contributed by atoms with Gasteiger partial charge in [0.1, 0.15) is 22.8 Å². The molecular weight excluding hydrogens is 384 g/mol. The van der Waals surface area contributed by atoms with Crippen molar-refractivity contribution in [3.63, 3.8) is 0 Å². The molecule has 3 rings (SSSR count). The average Bonchev–Trinajstić information content (AvgIpc) is 2.65. The summed E-state index contributed by atoms with van der Waals surface area (Å²) in [5.74, 6) is 2.02. The third-order valence-corrected chi connectivity index (χ3v) is 4.55. The van der Waals surface area contributed by atoms with Crippen LogP contribution >= 0.6 is 15.9 Å². The van der Waals surface area contributed by atoms with Crippen LogP contribution in [0.25, 0.3) is 22.3 Å². The molecule has 0 aliphatic rings. The fourth-order valence-electron chi connectivity index (χ4n) is 2.62. The highest BCUT2D eigenvalue weighted by atomic mass is 79.9. The molecule has 25 heavy (non-hydrogen) atoms. The molecule has 0 unspecified atom stereocenters. The van der Waals surface area contributed by atoms with Crippen LogP contribution in [0.4, 0.5) is 0 Å². The second-order valence-electron chi connectivity index (χ2n) is 5.66. The monoisotopic (exact) mass is 402 g/mol. The first kappa shape index (κ1) is 17.5. The number of benzene rings is 2. The third-order valence-electron chi connectivity index (χ3n) is 3.99. The van der Waals surface area contributed by atoms with Crippen molar-refractivity contribution in [2.75, 3.05) is 19.0 Å². The molecule has 0 saturated heterocycles. The molecule has 1 aromatic heterocycles. The van der Waals surface area contributed by atoms with Crippen molar-refractivity contribution in [3.8, 4) is 22.8 Å². The maximum absolute atomic E-state index is 12.6. The molecular formula is C20H19BrO4. The van der Waals surface area contributed by atoms with Gasteiger partial charge in [0.15, 0.2) is 5.43 Å². The van der Waals surface area contributed by atoms with Gasteiger partial charge in [0.2, 0.25) is 0 Å². The van der Waals surface area contributed by atoms with Crippen LogP contribution in [0.3, 0.4) is 0 Å². The molecule has 0 fully saturated rings. The van der Waals surface area contributed by atoms with Crippen LogP contribution < -0.4 is 14.9 Å². The van der Waals surface area contributed by atoms with Crippen molar-refractivity contribution in [3.05, 3.63) is 58.3 Å². The van der Waals surface area contributed by atoms with E-state index in [4.69, 9.17) is 13.9 Å². The summed E-state index contributed by atoms with van der Waals surface area (Å²) in [5, 5.41) is 1.47. The van der Waals surface area contributed by atoms with Gasteiger partial charge in [-0.1, -0.05) is 15.9 Å². The molecule has 0 saturated carbocycles. The van der Waals surface area contributed by atoms with Gasteiger partial charge in [0, 0.05) is 22.5 Å². The standard InChI is InChI=1S/C20H19BrO4/c1-13-19(22)17-9-8-16(23-2)12-18(17)25-20(13)14-4-6-15(7-5-14)24-11-3-10-21/h4-9,12H,3,10-11H2,1-2H3. The van der Waals surface area contributed by atoms with E-state index in [9.17, 15) is 4.79 Å². The molecule has 0 bridgehead atoms. The van der Waals surface area contributed by atoms with Gasteiger partial charge in [-0.15, -0.1) is 0 Å². The van der Waals surface area contributed by atoms with E-state index in [0.29, 0.717) is 34.6 Å². The summed E-state index contributed by atoms with van der Waals surface area (Å²) in [6.45, 7) is 2.44. The quantitative estimate of drug-likeness (QED) is 0.432. The predicted molar refractivity (Wildman–Crippen MR) is 103 cm³/mol. The summed E-state index contributed by atoms with van der Waals surface area (Å²) in [6, 6.07) is 12.8. The first-order valence-electron chi connectivity index (χ1n) is 8.04. The minimum Gasteiger partial charge on any atom is -0.497 e. The molecule has 5 heteroatoms. The molecule has 0 radical (unpaired) electrons. The van der Waals surface area contributed by atoms with Crippen LogP contribution in [0.5, 0.6) is 11.5 Å². The molecule has 0 N–H and O–H groups in total. The molecule has 0 aliphatic carbocycles. The molecule has 3 aromatic rings. The lowest BCUT2D eigenvalue weighted by atomic mass is 10.1. The number of ether oxygens (including phenoxy) is 2. The maximum Gasteiger partial charge on any atom is 0.196 e. The van der Waals surface area contributed by atoms with E-state index >= 15 is 0 Å². The van der Waals surface area contributed by atoms with Crippen LogP contribution in [0, 0.1) is 6.92 Å². The Morgan fingerprint density at radius 1 is 1.08 bits per heavy atom. The predicted octanol–water partition coefficient (Wildman–Crippen LogP) is 4.94. The highest BCUT2D eigenvalue weighted by Gasteiger charge is 2.13. The summed E-state index contributed by atoms with van der Waals surface area (Å²) in [5.41, 5.74) is 1.91. The Balaban J connectivity index is 2.00. The first-order valence-corrected chi connectivity index (χ1v) is 9.17. The SMILES string of the molecule is COc1ccc2c(=O)c(C)c(-c3ccc(OCCCBr)cc3)oc2c1. The summed E-state index contributed by atoms with van der Waals surface area (Å²) >= 11 is 3.38. The Labute approximate surface area is 154 Å². The van der Waals surface area contributed by atoms with Crippen molar-refractivity contribution in [1.29, 1.82) is 0 Å². The molecule has 130 valence electrons. The van der Waals surface area contributed by atoms with Crippen LogP contribution in [0.2, 0.25) is 0 Å². The normalized spacial score (nSPS) is 10.8. The Morgan fingerprint density at radius 2 is 1.80 bits per heavy atom. The number of alkyl halides is 1. The van der Waals surface area contributed by atoms with Gasteiger partial charge in [-0.25, -0.2) is 0 Å². The Morgan fingerprint density at radius 3 is 2.48 bits per heavy atom. The fraction of sp³-hybridized carbons (Fsp3) is 0.250. The molecule has 2 aromatic carbocycles. The molecule has 0 spiro atoms. The Kier molecular flexibility index (Phi) is 5.43. The number of methoxy groups -OCH3 is 1. The average molecular weight is 403 g/mol. The lowest BCUT2D eigenvalue weighted by Crippen LogP contribution is -2.07. The van der Waals surface area contributed by atoms with Crippen LogP contribution in [0.15, 0.2) is 51.7 Å². The molecule has 1 heterocycles. The summed E-state index contributed by atoms with van der Waals surface area (Å²) in [7, 11) is 1.59. The van der Waals surface area contributed by atoms with E-state index < -0.39 is 0 Å². The van der Waals surface area contributed by atoms with Crippen molar-refractivity contribution < 1.29 is 13.9 Å². The number of hydrogen-bond acceptors (Lipinski definition) is 4. The zero-order valence-corrected chi connectivity index (χ0v) is 15.8. The zero-order valence-electron chi connectivity index (χ0n) is 14.2. The van der Waals surface area contributed by atoms with Crippen LogP contribution in [-0.2, 0) is 0 Å². The smallest absolute Gasteiger partial charge is 0.196 e. The minimum atomic E-state index is -0.0310. The van der Waals surface area contributed by atoms with E-state index in [2.05, 4.69) is 15.9 Å². The molecule has 0 amide bonds. The van der Waals surface area contributed by atoms with E-state index in [0.717, 1.165) is 23.1 Å². The summed E-state index contributed by atoms with van der Waals surface area (Å²) < 4.78 is 16.9. The van der Waals surface area contributed by atoms with E-state index in [1.165, 1.54) is 0 Å². The van der Waals surface area contributed by atoms with Gasteiger partial charge >= 0.3 is 0 Å². The third kappa shape index (κ3) is 3.71. The first-order chi connectivity index (χ1) is 12.1. The van der Waals surface area contributed by atoms with E-state index in [1.807, 2.05) is 24.3 Å². The number of rotatable bonds is 6. The largest absolute Gasteiger partial charge is 0.497 e. The summed E-state index contributed by atoms with van der Waals surface area (Å²) in [4.78, 5) is 12.6. The lowest BCUT2D eigenvalue weighted by Gasteiger charge is -2.09. The number of fused-ring (bicyclic) bond motifs is 1. The molecule has 0 aliphatic heterocycles. The van der Waals surface area contributed by atoms with Gasteiger partial charge in [-0.2, -0.15) is 0 Å². The van der Waals surface area contributed by atoms with Crippen molar-refractivity contribution in [1.82, 2.24) is 0 Å². The zero-order chi connectivity index (χ0) is 17.8. The van der Waals surface area contributed by atoms with Gasteiger partial charge in [0.05, 0.1) is 19.1 Å². The van der Waals surface area contributed by atoms with Crippen molar-refractivity contribution >= 4 is 26.9 Å². The Hall–Kier alpha value is -2.27. The fourth-order valence-corrected chi connectivity index (χ4v) is 2.84. The highest BCUT2D eigenvalue weighted by molar-refractivity contribution is 9.09. The van der Waals surface area contributed by atoms with Crippen LogP contribution in [0.1, 0.15) is 12.0 Å². The summed E-state index contributed by atoms with van der Waals surface area (Å²) in [6.07, 6.45) is 0.947. The highest BCUT2D eigenvalue weighted by Crippen LogP contribution is 2.28. The van der Waals surface area contributed by atoms with E-state index in [-0.39, 0.29) is 5.43 Å². The van der Waals surface area contributed by atoms with E-state index in [1.54, 1.807) is 32.2 Å².